The first-order valence-electron chi connectivity index (χ1n) is 6.47. The Morgan fingerprint density at radius 1 is 1.05 bits per heavy atom. The quantitative estimate of drug-likeness (QED) is 0.681. The van der Waals surface area contributed by atoms with Crippen molar-refractivity contribution in [3.05, 3.63) is 35.4 Å². The minimum Gasteiger partial charge on any atom is -0.354 e. The third-order valence-electron chi connectivity index (χ3n) is 2.80. The van der Waals surface area contributed by atoms with E-state index in [1.54, 1.807) is 0 Å². The Morgan fingerprint density at radius 2 is 1.65 bits per heavy atom. The zero-order chi connectivity index (χ0) is 14.1. The molecule has 2 amide bonds. The molecule has 0 aliphatic rings. The van der Waals surface area contributed by atoms with E-state index in [-0.39, 0.29) is 37.3 Å². The molecule has 0 spiro atoms. The van der Waals surface area contributed by atoms with Gasteiger partial charge in [0, 0.05) is 6.54 Å². The van der Waals surface area contributed by atoms with Gasteiger partial charge >= 0.3 is 0 Å². The van der Waals surface area contributed by atoms with Gasteiger partial charge in [0.1, 0.15) is 0 Å². The van der Waals surface area contributed by atoms with Gasteiger partial charge < -0.3 is 16.4 Å². The predicted molar refractivity (Wildman–Crippen MR) is 81.8 cm³/mol. The largest absolute Gasteiger partial charge is 0.354 e. The lowest BCUT2D eigenvalue weighted by atomic mass is 10.1. The number of halogens is 1. The first-order valence-corrected chi connectivity index (χ1v) is 6.47. The normalized spacial score (nSPS) is 9.50. The molecule has 112 valence electrons. The van der Waals surface area contributed by atoms with Crippen molar-refractivity contribution in [2.24, 2.45) is 5.73 Å². The maximum absolute atomic E-state index is 11.4. The third kappa shape index (κ3) is 7.11. The van der Waals surface area contributed by atoms with Crippen molar-refractivity contribution < 1.29 is 9.59 Å². The minimum absolute atomic E-state index is 0. The number of nitrogens with two attached hydrogens (primary N) is 1. The maximum atomic E-state index is 11.4. The zero-order valence-electron chi connectivity index (χ0n) is 11.6. The zero-order valence-corrected chi connectivity index (χ0v) is 12.5. The van der Waals surface area contributed by atoms with Crippen LogP contribution in [0, 0.1) is 0 Å². The van der Waals surface area contributed by atoms with Crippen molar-refractivity contribution >= 4 is 24.2 Å². The first kappa shape index (κ1) is 18.4. The second-order valence-electron chi connectivity index (χ2n) is 4.25. The minimum atomic E-state index is -0.328. The van der Waals surface area contributed by atoms with Gasteiger partial charge in [0.05, 0.1) is 13.1 Å². The SMILES string of the molecule is CCc1ccc(CCNC(=O)CNC(=O)CN)cc1.Cl. The summed E-state index contributed by atoms with van der Waals surface area (Å²) in [6.45, 7) is 2.55. The standard InChI is InChI=1S/C14H21N3O2.ClH/c1-2-11-3-5-12(6-4-11)7-8-16-14(19)10-17-13(18)9-15;/h3-6H,2,7-10,15H2,1H3,(H,16,19)(H,17,18);1H. The number of amides is 2. The number of benzene rings is 1. The molecule has 20 heavy (non-hydrogen) atoms. The Kier molecular flexibility index (Phi) is 9.41. The Morgan fingerprint density at radius 3 is 2.20 bits per heavy atom. The summed E-state index contributed by atoms with van der Waals surface area (Å²) in [6.07, 6.45) is 1.80. The van der Waals surface area contributed by atoms with Crippen LogP contribution in [0.1, 0.15) is 18.1 Å². The van der Waals surface area contributed by atoms with Gasteiger partial charge in [-0.05, 0) is 24.0 Å². The van der Waals surface area contributed by atoms with Crippen LogP contribution in [0.15, 0.2) is 24.3 Å². The summed E-state index contributed by atoms with van der Waals surface area (Å²) in [7, 11) is 0. The van der Waals surface area contributed by atoms with E-state index in [1.807, 2.05) is 0 Å². The second kappa shape index (κ2) is 10.2. The van der Waals surface area contributed by atoms with E-state index in [0.717, 1.165) is 12.8 Å². The van der Waals surface area contributed by atoms with Crippen molar-refractivity contribution in [1.29, 1.82) is 0 Å². The lowest BCUT2D eigenvalue weighted by Gasteiger charge is -2.06. The molecule has 0 bridgehead atoms. The van der Waals surface area contributed by atoms with E-state index in [2.05, 4.69) is 41.8 Å². The first-order chi connectivity index (χ1) is 9.15. The van der Waals surface area contributed by atoms with Crippen LogP contribution in [0.4, 0.5) is 0 Å². The molecule has 0 aliphatic carbocycles. The van der Waals surface area contributed by atoms with Crippen LogP contribution in [0.25, 0.3) is 0 Å². The van der Waals surface area contributed by atoms with E-state index in [1.165, 1.54) is 11.1 Å². The van der Waals surface area contributed by atoms with E-state index in [9.17, 15) is 9.59 Å². The lowest BCUT2D eigenvalue weighted by molar-refractivity contribution is -0.125. The summed E-state index contributed by atoms with van der Waals surface area (Å²) in [5, 5.41) is 5.16. The van der Waals surface area contributed by atoms with Crippen molar-refractivity contribution in [3.63, 3.8) is 0 Å². The molecule has 6 heteroatoms. The van der Waals surface area contributed by atoms with Gasteiger partial charge in [-0.1, -0.05) is 31.2 Å². The summed E-state index contributed by atoms with van der Waals surface area (Å²) in [6, 6.07) is 8.33. The summed E-state index contributed by atoms with van der Waals surface area (Å²) in [5.74, 6) is -0.530. The van der Waals surface area contributed by atoms with E-state index >= 15 is 0 Å². The van der Waals surface area contributed by atoms with Crippen LogP contribution in [0.5, 0.6) is 0 Å². The van der Waals surface area contributed by atoms with Gasteiger partial charge in [-0.3, -0.25) is 9.59 Å². The highest BCUT2D eigenvalue weighted by Gasteiger charge is 2.03. The molecule has 0 saturated carbocycles. The highest BCUT2D eigenvalue weighted by molar-refractivity contribution is 5.85. The van der Waals surface area contributed by atoms with Crippen LogP contribution < -0.4 is 16.4 Å². The van der Waals surface area contributed by atoms with Gasteiger partial charge in [0.15, 0.2) is 0 Å². The van der Waals surface area contributed by atoms with Gasteiger partial charge in [-0.25, -0.2) is 0 Å². The average molecular weight is 300 g/mol. The molecular formula is C14H22ClN3O2. The lowest BCUT2D eigenvalue weighted by Crippen LogP contribution is -2.40. The van der Waals surface area contributed by atoms with Crippen molar-refractivity contribution in [3.8, 4) is 0 Å². The highest BCUT2D eigenvalue weighted by Crippen LogP contribution is 2.05. The Hall–Kier alpha value is -1.59. The van der Waals surface area contributed by atoms with Crippen molar-refractivity contribution in [2.45, 2.75) is 19.8 Å². The molecule has 0 saturated heterocycles. The van der Waals surface area contributed by atoms with Crippen LogP contribution in [-0.4, -0.2) is 31.4 Å². The smallest absolute Gasteiger partial charge is 0.239 e. The Bertz CT molecular complexity index is 421. The second-order valence-corrected chi connectivity index (χ2v) is 4.25. The summed E-state index contributed by atoms with van der Waals surface area (Å²) >= 11 is 0. The molecule has 1 rings (SSSR count). The monoisotopic (exact) mass is 299 g/mol. The predicted octanol–water partition coefficient (Wildman–Crippen LogP) is 0.404. The van der Waals surface area contributed by atoms with E-state index < -0.39 is 0 Å². The van der Waals surface area contributed by atoms with Gasteiger partial charge in [0.2, 0.25) is 11.8 Å². The molecule has 5 nitrogen and oxygen atoms in total. The van der Waals surface area contributed by atoms with Crippen molar-refractivity contribution in [1.82, 2.24) is 10.6 Å². The average Bonchev–Trinajstić information content (AvgIpc) is 2.45. The van der Waals surface area contributed by atoms with E-state index in [0.29, 0.717) is 6.54 Å². The van der Waals surface area contributed by atoms with Crippen LogP contribution in [0.2, 0.25) is 0 Å². The van der Waals surface area contributed by atoms with Crippen LogP contribution >= 0.6 is 12.4 Å². The highest BCUT2D eigenvalue weighted by atomic mass is 35.5. The molecular weight excluding hydrogens is 278 g/mol. The molecule has 0 radical (unpaired) electrons. The molecule has 0 unspecified atom stereocenters. The Labute approximate surface area is 125 Å². The van der Waals surface area contributed by atoms with Crippen molar-refractivity contribution in [2.75, 3.05) is 19.6 Å². The van der Waals surface area contributed by atoms with Crippen LogP contribution in [0.3, 0.4) is 0 Å². The molecule has 1 aromatic carbocycles. The fourth-order valence-electron chi connectivity index (χ4n) is 1.60. The van der Waals surface area contributed by atoms with Crippen LogP contribution in [-0.2, 0) is 22.4 Å². The molecule has 0 atom stereocenters. The molecule has 0 aliphatic heterocycles. The van der Waals surface area contributed by atoms with E-state index in [4.69, 9.17) is 5.73 Å². The molecule has 0 aromatic heterocycles. The molecule has 4 N–H and O–H groups in total. The van der Waals surface area contributed by atoms with Gasteiger partial charge in [0.25, 0.3) is 0 Å². The number of hydrogen-bond acceptors (Lipinski definition) is 3. The van der Waals surface area contributed by atoms with Gasteiger partial charge in [-0.15, -0.1) is 12.4 Å². The number of aryl methyl sites for hydroxylation is 1. The number of rotatable bonds is 7. The Balaban J connectivity index is 0.00000361. The summed E-state index contributed by atoms with van der Waals surface area (Å²) in [4.78, 5) is 22.2. The number of carbonyl (C=O) groups excluding carboxylic acids is 2. The number of carbonyl (C=O) groups is 2. The molecule has 0 heterocycles. The maximum Gasteiger partial charge on any atom is 0.239 e. The number of hydrogen-bond donors (Lipinski definition) is 3. The fourth-order valence-corrected chi connectivity index (χ4v) is 1.60. The fraction of sp³-hybridized carbons (Fsp3) is 0.429. The summed E-state index contributed by atoms with van der Waals surface area (Å²) in [5.41, 5.74) is 7.60. The molecule has 0 fully saturated rings. The topological polar surface area (TPSA) is 84.2 Å². The molecule has 1 aromatic rings. The third-order valence-corrected chi connectivity index (χ3v) is 2.80. The summed E-state index contributed by atoms with van der Waals surface area (Å²) < 4.78 is 0. The number of nitrogens with one attached hydrogen (secondary N) is 2. The van der Waals surface area contributed by atoms with Gasteiger partial charge in [-0.2, -0.15) is 0 Å².